The first kappa shape index (κ1) is 21.2. The van der Waals surface area contributed by atoms with Crippen LogP contribution in [0.15, 0.2) is 47.2 Å². The second kappa shape index (κ2) is 8.60. The lowest BCUT2D eigenvalue weighted by atomic mass is 9.95. The number of nitrogens with zero attached hydrogens (tertiary/aromatic N) is 3. The smallest absolute Gasteiger partial charge is 0.296 e. The van der Waals surface area contributed by atoms with Crippen molar-refractivity contribution in [1.82, 2.24) is 9.97 Å². The Balaban J connectivity index is 1.85. The molecule has 1 N–H and O–H groups in total. The molecule has 0 fully saturated rings. The molecule has 1 amide bonds. The zero-order valence-electron chi connectivity index (χ0n) is 17.3. The molecule has 1 aromatic carbocycles. The summed E-state index contributed by atoms with van der Waals surface area (Å²) >= 11 is 2.51. The second-order valence-electron chi connectivity index (χ2n) is 7.05. The Morgan fingerprint density at radius 3 is 2.77 bits per heavy atom. The van der Waals surface area contributed by atoms with Gasteiger partial charge in [-0.25, -0.2) is 9.97 Å². The highest BCUT2D eigenvalue weighted by molar-refractivity contribution is 7.14. The molecule has 7 nitrogen and oxygen atoms in total. The number of carbonyl (C=O) groups is 2. The van der Waals surface area contributed by atoms with Crippen LogP contribution in [-0.4, -0.2) is 33.4 Å². The summed E-state index contributed by atoms with van der Waals surface area (Å²) < 4.78 is 5.75. The Labute approximate surface area is 187 Å². The van der Waals surface area contributed by atoms with Crippen LogP contribution in [0.5, 0.6) is 5.75 Å². The fraction of sp³-hybridized carbons (Fsp3) is 0.273. The zero-order valence-corrected chi connectivity index (χ0v) is 18.9. The number of anilines is 1. The number of aliphatic hydroxyl groups is 1. The van der Waals surface area contributed by atoms with Crippen LogP contribution in [0, 0.1) is 13.8 Å². The Morgan fingerprint density at radius 2 is 2.13 bits per heavy atom. The van der Waals surface area contributed by atoms with Crippen molar-refractivity contribution in [3.05, 3.63) is 68.3 Å². The third kappa shape index (κ3) is 3.86. The molecular weight excluding hydrogens is 434 g/mol. The normalized spacial score (nSPS) is 16.3. The summed E-state index contributed by atoms with van der Waals surface area (Å²) in [5, 5.41) is 13.7. The second-order valence-corrected chi connectivity index (χ2v) is 9.13. The van der Waals surface area contributed by atoms with Gasteiger partial charge in [0.2, 0.25) is 5.78 Å². The maximum atomic E-state index is 13.5. The number of rotatable bonds is 7. The van der Waals surface area contributed by atoms with Crippen LogP contribution in [0.25, 0.3) is 0 Å². The van der Waals surface area contributed by atoms with Gasteiger partial charge in [0.1, 0.15) is 5.75 Å². The molecule has 9 heteroatoms. The highest BCUT2D eigenvalue weighted by Crippen LogP contribution is 2.43. The molecule has 2 aromatic heterocycles. The summed E-state index contributed by atoms with van der Waals surface area (Å²) in [4.78, 5) is 37.0. The molecule has 0 aliphatic carbocycles. The van der Waals surface area contributed by atoms with Crippen LogP contribution < -0.4 is 9.64 Å². The van der Waals surface area contributed by atoms with Crippen molar-refractivity contribution in [2.75, 3.05) is 11.5 Å². The lowest BCUT2D eigenvalue weighted by molar-refractivity contribution is -0.117. The zero-order chi connectivity index (χ0) is 22.1. The summed E-state index contributed by atoms with van der Waals surface area (Å²) in [6, 6.07) is 6.42. The number of aliphatic hydroxyl groups excluding tert-OH is 1. The first-order valence-corrected chi connectivity index (χ1v) is 11.5. The highest BCUT2D eigenvalue weighted by Gasteiger charge is 2.46. The van der Waals surface area contributed by atoms with Crippen LogP contribution in [0.3, 0.4) is 0 Å². The van der Waals surface area contributed by atoms with E-state index in [9.17, 15) is 14.7 Å². The molecule has 1 aliphatic rings. The SMILES string of the molecule is CCCOc1cccc(C2C(C(=O)c3sc(C)nc3C)=C(O)C(=O)N2c2nccs2)c1. The third-order valence-corrected chi connectivity index (χ3v) is 6.68. The van der Waals surface area contributed by atoms with E-state index in [-0.39, 0.29) is 5.57 Å². The highest BCUT2D eigenvalue weighted by atomic mass is 32.1. The van der Waals surface area contributed by atoms with E-state index in [2.05, 4.69) is 9.97 Å². The first-order valence-electron chi connectivity index (χ1n) is 9.80. The Morgan fingerprint density at radius 1 is 1.32 bits per heavy atom. The molecule has 1 aliphatic heterocycles. The van der Waals surface area contributed by atoms with Crippen molar-refractivity contribution in [2.45, 2.75) is 33.2 Å². The van der Waals surface area contributed by atoms with E-state index in [1.165, 1.54) is 27.6 Å². The minimum absolute atomic E-state index is 0.0274. The van der Waals surface area contributed by atoms with E-state index in [1.807, 2.05) is 32.0 Å². The van der Waals surface area contributed by atoms with E-state index in [0.717, 1.165) is 11.4 Å². The molecule has 4 rings (SSSR count). The van der Waals surface area contributed by atoms with Crippen molar-refractivity contribution in [1.29, 1.82) is 0 Å². The van der Waals surface area contributed by atoms with Gasteiger partial charge in [0.15, 0.2) is 10.9 Å². The molecule has 1 unspecified atom stereocenters. The van der Waals surface area contributed by atoms with Gasteiger partial charge >= 0.3 is 0 Å². The van der Waals surface area contributed by atoms with E-state index >= 15 is 0 Å². The number of ether oxygens (including phenoxy) is 1. The van der Waals surface area contributed by atoms with Crippen molar-refractivity contribution in [3.8, 4) is 5.75 Å². The quantitative estimate of drug-likeness (QED) is 0.515. The van der Waals surface area contributed by atoms with Gasteiger partial charge in [-0.3, -0.25) is 14.5 Å². The number of carbonyl (C=O) groups excluding carboxylic acids is 2. The summed E-state index contributed by atoms with van der Waals surface area (Å²) in [6.07, 6.45) is 2.44. The molecule has 160 valence electrons. The van der Waals surface area contributed by atoms with E-state index in [1.54, 1.807) is 24.6 Å². The van der Waals surface area contributed by atoms with Gasteiger partial charge in [0.25, 0.3) is 5.91 Å². The van der Waals surface area contributed by atoms with Crippen molar-refractivity contribution in [3.63, 3.8) is 0 Å². The lowest BCUT2D eigenvalue weighted by Crippen LogP contribution is -2.31. The lowest BCUT2D eigenvalue weighted by Gasteiger charge is -2.24. The van der Waals surface area contributed by atoms with Crippen LogP contribution in [0.1, 0.15) is 45.3 Å². The minimum atomic E-state index is -0.821. The Kier molecular flexibility index (Phi) is 5.88. The Hall–Kier alpha value is -3.04. The van der Waals surface area contributed by atoms with Gasteiger partial charge < -0.3 is 9.84 Å². The molecular formula is C22H21N3O4S2. The summed E-state index contributed by atoms with van der Waals surface area (Å²) in [5.74, 6) is -0.982. The van der Waals surface area contributed by atoms with E-state index in [0.29, 0.717) is 33.6 Å². The number of hydrogen-bond donors (Lipinski definition) is 1. The van der Waals surface area contributed by atoms with Gasteiger partial charge in [-0.05, 0) is 38.0 Å². The third-order valence-electron chi connectivity index (χ3n) is 4.83. The summed E-state index contributed by atoms with van der Waals surface area (Å²) in [7, 11) is 0. The average Bonchev–Trinajstić information content (AvgIpc) is 3.45. The van der Waals surface area contributed by atoms with Crippen LogP contribution in [0.4, 0.5) is 5.13 Å². The minimum Gasteiger partial charge on any atom is -0.503 e. The largest absolute Gasteiger partial charge is 0.503 e. The fourth-order valence-electron chi connectivity index (χ4n) is 3.54. The number of hydrogen-bond acceptors (Lipinski definition) is 8. The van der Waals surface area contributed by atoms with Crippen LogP contribution in [-0.2, 0) is 4.79 Å². The van der Waals surface area contributed by atoms with Gasteiger partial charge in [-0.2, -0.15) is 0 Å². The summed E-state index contributed by atoms with van der Waals surface area (Å²) in [5.41, 5.74) is 1.26. The van der Waals surface area contributed by atoms with Gasteiger partial charge in [0, 0.05) is 11.6 Å². The monoisotopic (exact) mass is 455 g/mol. The first-order chi connectivity index (χ1) is 14.9. The molecule has 1 atom stereocenters. The topological polar surface area (TPSA) is 92.6 Å². The molecule has 3 heterocycles. The van der Waals surface area contributed by atoms with Gasteiger partial charge in [0.05, 0.1) is 33.8 Å². The van der Waals surface area contributed by atoms with E-state index in [4.69, 9.17) is 4.74 Å². The number of amides is 1. The van der Waals surface area contributed by atoms with Crippen molar-refractivity contribution in [2.24, 2.45) is 0 Å². The number of thiazole rings is 2. The number of Topliss-reactive ketones (excluding diaryl/α,β-unsaturated/α-hetero) is 1. The number of benzene rings is 1. The number of aromatic nitrogens is 2. The molecule has 0 bridgehead atoms. The molecule has 31 heavy (non-hydrogen) atoms. The number of ketones is 1. The molecule has 3 aromatic rings. The van der Waals surface area contributed by atoms with Crippen molar-refractivity contribution >= 4 is 39.5 Å². The molecule has 0 saturated heterocycles. The van der Waals surface area contributed by atoms with Crippen LogP contribution >= 0.6 is 22.7 Å². The summed E-state index contributed by atoms with van der Waals surface area (Å²) in [6.45, 7) is 6.13. The molecule has 0 saturated carbocycles. The maximum Gasteiger partial charge on any atom is 0.296 e. The van der Waals surface area contributed by atoms with Crippen molar-refractivity contribution < 1.29 is 19.4 Å². The standard InChI is InChI=1S/C22H21N3O4S2/c1-4-9-29-15-7-5-6-14(11-15)17-16(18(26)20-12(2)24-13(3)31-20)19(27)21(28)25(17)22-23-8-10-30-22/h5-8,10-11,17,27H,4,9H2,1-3H3. The molecule has 0 radical (unpaired) electrons. The predicted octanol–water partition coefficient (Wildman–Crippen LogP) is 4.79. The maximum absolute atomic E-state index is 13.5. The Bertz CT molecular complexity index is 1170. The fourth-order valence-corrected chi connectivity index (χ4v) is 5.08. The van der Waals surface area contributed by atoms with Gasteiger partial charge in [-0.1, -0.05) is 19.1 Å². The van der Waals surface area contributed by atoms with Gasteiger partial charge in [-0.15, -0.1) is 22.7 Å². The van der Waals surface area contributed by atoms with E-state index < -0.39 is 23.5 Å². The molecule has 0 spiro atoms. The van der Waals surface area contributed by atoms with Crippen LogP contribution in [0.2, 0.25) is 0 Å². The predicted molar refractivity (Wildman–Crippen MR) is 120 cm³/mol. The number of aryl methyl sites for hydroxylation is 2. The average molecular weight is 456 g/mol.